The Morgan fingerprint density at radius 2 is 2.05 bits per heavy atom. The number of rotatable bonds is 4. The molecule has 0 radical (unpaired) electrons. The van der Waals surface area contributed by atoms with Crippen molar-refractivity contribution >= 4 is 10.9 Å². The molecule has 0 aliphatic carbocycles. The van der Waals surface area contributed by atoms with Crippen LogP contribution in [0.25, 0.3) is 10.9 Å². The molecule has 0 saturated carbocycles. The van der Waals surface area contributed by atoms with E-state index in [0.29, 0.717) is 12.3 Å². The van der Waals surface area contributed by atoms with Gasteiger partial charge in [-0.25, -0.2) is 0 Å². The lowest BCUT2D eigenvalue weighted by Gasteiger charge is -2.31. The molecule has 1 aromatic heterocycles. The molecule has 3 rings (SSSR count). The molecule has 0 amide bonds. The van der Waals surface area contributed by atoms with Gasteiger partial charge in [-0.1, -0.05) is 18.2 Å². The monoisotopic (exact) mass is 267 g/mol. The smallest absolute Gasteiger partial charge is 0.0622 e. The Kier molecular flexibility index (Phi) is 4.03. The van der Waals surface area contributed by atoms with Crippen LogP contribution in [0.2, 0.25) is 0 Å². The number of hydrogen-bond donors (Lipinski definition) is 1. The van der Waals surface area contributed by atoms with Crippen LogP contribution in [0.15, 0.2) is 30.5 Å². The predicted octanol–water partition coefficient (Wildman–Crippen LogP) is 3.65. The molecule has 2 aromatic rings. The fourth-order valence-electron chi connectivity index (χ4n) is 3.28. The van der Waals surface area contributed by atoms with Crippen LogP contribution >= 0.6 is 0 Å². The maximum Gasteiger partial charge on any atom is 0.0622 e. The Hall–Kier alpha value is -1.79. The molecule has 1 N–H and O–H groups in total. The summed E-state index contributed by atoms with van der Waals surface area (Å²) in [5.41, 5.74) is 2.73. The minimum Gasteiger partial charge on any atom is -0.361 e. The number of para-hydroxylation sites is 1. The molecule has 1 aliphatic rings. The van der Waals surface area contributed by atoms with Crippen molar-refractivity contribution in [3.63, 3.8) is 0 Å². The van der Waals surface area contributed by atoms with E-state index in [1.54, 1.807) is 0 Å². The second kappa shape index (κ2) is 6.11. The fraction of sp³-hybridized carbons (Fsp3) is 0.471. The quantitative estimate of drug-likeness (QED) is 0.859. The normalized spacial score (nSPS) is 17.4. The number of aromatic amines is 1. The average molecular weight is 267 g/mol. The van der Waals surface area contributed by atoms with Crippen LogP contribution < -0.4 is 0 Å². The first-order valence-corrected chi connectivity index (χ1v) is 7.54. The molecule has 2 heterocycles. The van der Waals surface area contributed by atoms with Crippen LogP contribution in [-0.4, -0.2) is 29.5 Å². The molecule has 1 aromatic carbocycles. The maximum atomic E-state index is 8.59. The summed E-state index contributed by atoms with van der Waals surface area (Å²) in [5.74, 6) is 0.679. The van der Waals surface area contributed by atoms with E-state index in [9.17, 15) is 0 Å². The van der Waals surface area contributed by atoms with Crippen LogP contribution in [0, 0.1) is 11.3 Å². The number of piperidine rings is 1. The van der Waals surface area contributed by atoms with Crippen LogP contribution in [0.1, 0.15) is 37.2 Å². The topological polar surface area (TPSA) is 42.8 Å². The van der Waals surface area contributed by atoms with Gasteiger partial charge in [-0.05, 0) is 56.4 Å². The van der Waals surface area contributed by atoms with Crippen molar-refractivity contribution in [2.24, 2.45) is 0 Å². The third-order valence-corrected chi connectivity index (χ3v) is 4.41. The van der Waals surface area contributed by atoms with Crippen molar-refractivity contribution in [3.8, 4) is 6.07 Å². The van der Waals surface area contributed by atoms with Gasteiger partial charge in [0.1, 0.15) is 0 Å². The second-order valence-corrected chi connectivity index (χ2v) is 5.67. The summed E-state index contributed by atoms with van der Waals surface area (Å²) in [6.07, 6.45) is 6.35. The first-order chi connectivity index (χ1) is 9.88. The largest absolute Gasteiger partial charge is 0.361 e. The van der Waals surface area contributed by atoms with E-state index in [2.05, 4.69) is 46.4 Å². The molecule has 1 aliphatic heterocycles. The van der Waals surface area contributed by atoms with Gasteiger partial charge in [-0.15, -0.1) is 0 Å². The van der Waals surface area contributed by atoms with Crippen LogP contribution in [0.5, 0.6) is 0 Å². The summed E-state index contributed by atoms with van der Waals surface area (Å²) >= 11 is 0. The standard InChI is InChI=1S/C17H21N3/c18-9-3-4-10-20-11-7-14(8-12-20)16-13-19-17-6-2-1-5-15(16)17/h1-2,5-6,13-14,19H,3-4,7-8,10-12H2. The highest BCUT2D eigenvalue weighted by Gasteiger charge is 2.22. The Morgan fingerprint density at radius 3 is 2.85 bits per heavy atom. The van der Waals surface area contributed by atoms with E-state index in [0.717, 1.165) is 26.1 Å². The van der Waals surface area contributed by atoms with E-state index < -0.39 is 0 Å². The highest BCUT2D eigenvalue weighted by molar-refractivity contribution is 5.83. The van der Waals surface area contributed by atoms with E-state index >= 15 is 0 Å². The number of likely N-dealkylation sites (tertiary alicyclic amines) is 1. The number of nitrogens with zero attached hydrogens (tertiary/aromatic N) is 2. The number of fused-ring (bicyclic) bond motifs is 1. The van der Waals surface area contributed by atoms with Crippen molar-refractivity contribution in [1.82, 2.24) is 9.88 Å². The Balaban J connectivity index is 1.62. The van der Waals surface area contributed by atoms with Crippen molar-refractivity contribution < 1.29 is 0 Å². The molecule has 104 valence electrons. The van der Waals surface area contributed by atoms with Crippen molar-refractivity contribution in [1.29, 1.82) is 5.26 Å². The van der Waals surface area contributed by atoms with Gasteiger partial charge in [0, 0.05) is 23.5 Å². The molecular weight excluding hydrogens is 246 g/mol. The molecule has 0 unspecified atom stereocenters. The van der Waals surface area contributed by atoms with Gasteiger partial charge >= 0.3 is 0 Å². The van der Waals surface area contributed by atoms with Crippen molar-refractivity contribution in [2.45, 2.75) is 31.6 Å². The van der Waals surface area contributed by atoms with Gasteiger partial charge in [0.25, 0.3) is 0 Å². The molecular formula is C17H21N3. The molecule has 20 heavy (non-hydrogen) atoms. The molecule has 0 atom stereocenters. The van der Waals surface area contributed by atoms with E-state index in [1.807, 2.05) is 0 Å². The van der Waals surface area contributed by atoms with Gasteiger partial charge < -0.3 is 9.88 Å². The zero-order chi connectivity index (χ0) is 13.8. The zero-order valence-corrected chi connectivity index (χ0v) is 11.8. The highest BCUT2D eigenvalue weighted by Crippen LogP contribution is 2.32. The lowest BCUT2D eigenvalue weighted by atomic mass is 9.89. The fourth-order valence-corrected chi connectivity index (χ4v) is 3.28. The Bertz CT molecular complexity index is 600. The highest BCUT2D eigenvalue weighted by atomic mass is 15.1. The van der Waals surface area contributed by atoms with Crippen LogP contribution in [0.3, 0.4) is 0 Å². The third kappa shape index (κ3) is 2.71. The van der Waals surface area contributed by atoms with Crippen molar-refractivity contribution in [2.75, 3.05) is 19.6 Å². The van der Waals surface area contributed by atoms with Gasteiger partial charge in [-0.2, -0.15) is 5.26 Å². The summed E-state index contributed by atoms with van der Waals surface area (Å²) in [6.45, 7) is 3.40. The Labute approximate surface area is 120 Å². The first kappa shape index (κ1) is 13.2. The molecule has 1 saturated heterocycles. The summed E-state index contributed by atoms with van der Waals surface area (Å²) in [4.78, 5) is 5.89. The van der Waals surface area contributed by atoms with E-state index in [4.69, 9.17) is 5.26 Å². The van der Waals surface area contributed by atoms with Gasteiger partial charge in [0.15, 0.2) is 0 Å². The average Bonchev–Trinajstić information content (AvgIpc) is 2.92. The SMILES string of the molecule is N#CCCCN1CCC(c2c[nH]c3ccccc23)CC1. The van der Waals surface area contributed by atoms with Crippen LogP contribution in [0.4, 0.5) is 0 Å². The number of hydrogen-bond acceptors (Lipinski definition) is 2. The minimum atomic E-state index is 0.679. The van der Waals surface area contributed by atoms with E-state index in [1.165, 1.54) is 29.3 Å². The van der Waals surface area contributed by atoms with Crippen molar-refractivity contribution in [3.05, 3.63) is 36.0 Å². The number of H-pyrrole nitrogens is 1. The lowest BCUT2D eigenvalue weighted by Crippen LogP contribution is -2.33. The number of benzene rings is 1. The van der Waals surface area contributed by atoms with Crippen LogP contribution in [-0.2, 0) is 0 Å². The predicted molar refractivity (Wildman–Crippen MR) is 81.6 cm³/mol. The number of nitriles is 1. The molecule has 1 fully saturated rings. The summed E-state index contributed by atoms with van der Waals surface area (Å²) in [7, 11) is 0. The second-order valence-electron chi connectivity index (χ2n) is 5.67. The first-order valence-electron chi connectivity index (χ1n) is 7.54. The van der Waals surface area contributed by atoms with Gasteiger partial charge in [-0.3, -0.25) is 0 Å². The zero-order valence-electron chi connectivity index (χ0n) is 11.8. The summed E-state index contributed by atoms with van der Waals surface area (Å²) in [6, 6.07) is 10.8. The number of aromatic nitrogens is 1. The third-order valence-electron chi connectivity index (χ3n) is 4.41. The number of nitrogens with one attached hydrogen (secondary N) is 1. The lowest BCUT2D eigenvalue weighted by molar-refractivity contribution is 0.211. The molecule has 3 heteroatoms. The Morgan fingerprint density at radius 1 is 1.25 bits per heavy atom. The molecule has 0 spiro atoms. The molecule has 0 bridgehead atoms. The summed E-state index contributed by atoms with van der Waals surface area (Å²) < 4.78 is 0. The van der Waals surface area contributed by atoms with Gasteiger partial charge in [0.05, 0.1) is 6.07 Å². The minimum absolute atomic E-state index is 0.679. The van der Waals surface area contributed by atoms with E-state index in [-0.39, 0.29) is 0 Å². The summed E-state index contributed by atoms with van der Waals surface area (Å²) in [5, 5.41) is 9.98. The maximum absolute atomic E-state index is 8.59. The van der Waals surface area contributed by atoms with Gasteiger partial charge in [0.2, 0.25) is 0 Å². The molecule has 3 nitrogen and oxygen atoms in total. The number of unbranched alkanes of at least 4 members (excludes halogenated alkanes) is 1.